The Bertz CT molecular complexity index is 856. The van der Waals surface area contributed by atoms with Gasteiger partial charge in [-0.2, -0.15) is 0 Å². The van der Waals surface area contributed by atoms with Crippen LogP contribution in [0.3, 0.4) is 0 Å². The summed E-state index contributed by atoms with van der Waals surface area (Å²) >= 11 is 1.43. The Morgan fingerprint density at radius 3 is 2.92 bits per heavy atom. The molecule has 0 radical (unpaired) electrons. The first-order valence-corrected chi connectivity index (χ1v) is 9.96. The molecular formula is C18H21F2N3O2S. The van der Waals surface area contributed by atoms with E-state index in [4.69, 9.17) is 4.74 Å². The lowest BCUT2D eigenvalue weighted by Gasteiger charge is -2.25. The molecule has 8 heteroatoms. The van der Waals surface area contributed by atoms with Crippen molar-refractivity contribution >= 4 is 22.7 Å². The van der Waals surface area contributed by atoms with Crippen LogP contribution >= 0.6 is 11.8 Å². The van der Waals surface area contributed by atoms with Crippen molar-refractivity contribution in [2.45, 2.75) is 36.4 Å². The highest BCUT2D eigenvalue weighted by Crippen LogP contribution is 2.30. The van der Waals surface area contributed by atoms with Gasteiger partial charge in [0, 0.05) is 23.9 Å². The molecular weight excluding hydrogens is 360 g/mol. The molecule has 1 aliphatic heterocycles. The van der Waals surface area contributed by atoms with E-state index in [2.05, 4.69) is 15.3 Å². The van der Waals surface area contributed by atoms with E-state index in [9.17, 15) is 13.6 Å². The topological polar surface area (TPSA) is 67.0 Å². The molecule has 2 N–H and O–H groups in total. The van der Waals surface area contributed by atoms with Crippen LogP contribution < -0.4 is 15.6 Å². The van der Waals surface area contributed by atoms with Crippen LogP contribution in [-0.4, -0.2) is 41.1 Å². The number of aromatic amines is 1. The fourth-order valence-corrected chi connectivity index (χ4v) is 4.17. The van der Waals surface area contributed by atoms with E-state index >= 15 is 0 Å². The highest BCUT2D eigenvalue weighted by atomic mass is 32.2. The van der Waals surface area contributed by atoms with Crippen LogP contribution in [0.1, 0.15) is 25.1 Å². The summed E-state index contributed by atoms with van der Waals surface area (Å²) in [6, 6.07) is 2.84. The highest BCUT2D eigenvalue weighted by Gasteiger charge is 2.25. The molecule has 1 aromatic heterocycles. The predicted octanol–water partition coefficient (Wildman–Crippen LogP) is 2.78. The van der Waals surface area contributed by atoms with Crippen LogP contribution in [-0.2, 0) is 5.75 Å². The average Bonchev–Trinajstić information content (AvgIpc) is 3.43. The first-order chi connectivity index (χ1) is 12.6. The SMILES string of the molecule is O=c1[nH]c(CS[C@H]2CCNC[C@@H]2F)nc2cc(OCC3CC3)cc(F)c12. The summed E-state index contributed by atoms with van der Waals surface area (Å²) < 4.78 is 33.8. The number of nitrogens with one attached hydrogen (secondary N) is 2. The number of alkyl halides is 1. The van der Waals surface area contributed by atoms with Crippen LogP contribution in [0.15, 0.2) is 16.9 Å². The van der Waals surface area contributed by atoms with Crippen LogP contribution in [0.4, 0.5) is 8.78 Å². The second-order valence-electron chi connectivity index (χ2n) is 6.92. The van der Waals surface area contributed by atoms with Gasteiger partial charge in [0.1, 0.15) is 28.9 Å². The normalized spacial score (nSPS) is 23.3. The number of piperidine rings is 1. The standard InChI is InChI=1S/C18H21F2N3O2S/c19-12-5-11(25-8-10-1-2-10)6-14-17(12)18(24)23-16(22-14)9-26-15-3-4-21-7-13(15)20/h5-6,10,13,15,21H,1-4,7-9H2,(H,22,23,24)/t13-,15-/m0/s1. The van der Waals surface area contributed by atoms with Gasteiger partial charge >= 0.3 is 0 Å². The number of aromatic nitrogens is 2. The third-order valence-corrected chi connectivity index (χ3v) is 6.15. The first-order valence-electron chi connectivity index (χ1n) is 8.92. The maximum atomic E-state index is 14.3. The van der Waals surface area contributed by atoms with Gasteiger partial charge in [0.05, 0.1) is 17.9 Å². The van der Waals surface area contributed by atoms with E-state index in [1.807, 2.05) is 0 Å². The minimum absolute atomic E-state index is 0.0669. The number of nitrogens with zero attached hydrogens (tertiary/aromatic N) is 1. The van der Waals surface area contributed by atoms with Crippen LogP contribution in [0, 0.1) is 11.7 Å². The van der Waals surface area contributed by atoms with Crippen molar-refractivity contribution in [2.24, 2.45) is 5.92 Å². The number of benzene rings is 1. The van der Waals surface area contributed by atoms with Gasteiger partial charge < -0.3 is 15.0 Å². The molecule has 0 unspecified atom stereocenters. The summed E-state index contributed by atoms with van der Waals surface area (Å²) in [7, 11) is 0. The zero-order chi connectivity index (χ0) is 18.1. The smallest absolute Gasteiger partial charge is 0.261 e. The molecule has 2 atom stereocenters. The van der Waals surface area contributed by atoms with Crippen molar-refractivity contribution in [3.8, 4) is 5.75 Å². The van der Waals surface area contributed by atoms with E-state index in [0.29, 0.717) is 36.4 Å². The van der Waals surface area contributed by atoms with Crippen LogP contribution in [0.5, 0.6) is 5.75 Å². The molecule has 140 valence electrons. The fraction of sp³-hybridized carbons (Fsp3) is 0.556. The fourth-order valence-electron chi connectivity index (χ4n) is 3.07. The summed E-state index contributed by atoms with van der Waals surface area (Å²) in [4.78, 5) is 19.2. The van der Waals surface area contributed by atoms with Gasteiger partial charge in [0.15, 0.2) is 0 Å². The third kappa shape index (κ3) is 4.01. The number of hydrogen-bond acceptors (Lipinski definition) is 5. The summed E-state index contributed by atoms with van der Waals surface area (Å²) in [5.74, 6) is 1.11. The molecule has 5 nitrogen and oxygen atoms in total. The Morgan fingerprint density at radius 2 is 2.15 bits per heavy atom. The second-order valence-corrected chi connectivity index (χ2v) is 8.15. The van der Waals surface area contributed by atoms with Gasteiger partial charge in [-0.15, -0.1) is 11.8 Å². The molecule has 4 rings (SSSR count). The monoisotopic (exact) mass is 381 g/mol. The number of halogens is 2. The number of thioether (sulfide) groups is 1. The molecule has 1 saturated carbocycles. The number of fused-ring (bicyclic) bond motifs is 1. The molecule has 2 fully saturated rings. The second kappa shape index (κ2) is 7.52. The third-order valence-electron chi connectivity index (χ3n) is 4.75. The Balaban J connectivity index is 1.54. The minimum atomic E-state index is -0.916. The van der Waals surface area contributed by atoms with Crippen molar-refractivity contribution in [1.29, 1.82) is 0 Å². The number of ether oxygens (including phenoxy) is 1. The molecule has 1 saturated heterocycles. The van der Waals surface area contributed by atoms with E-state index in [1.165, 1.54) is 17.8 Å². The van der Waals surface area contributed by atoms with Gasteiger partial charge in [-0.1, -0.05) is 0 Å². The van der Waals surface area contributed by atoms with Crippen LogP contribution in [0.2, 0.25) is 0 Å². The lowest BCUT2D eigenvalue weighted by Crippen LogP contribution is -2.39. The van der Waals surface area contributed by atoms with Crippen molar-refractivity contribution in [3.05, 3.63) is 34.1 Å². The predicted molar refractivity (Wildman–Crippen MR) is 98.0 cm³/mol. The summed E-state index contributed by atoms with van der Waals surface area (Å²) in [6.45, 7) is 1.70. The Morgan fingerprint density at radius 1 is 1.31 bits per heavy atom. The Kier molecular flexibility index (Phi) is 5.13. The summed E-state index contributed by atoms with van der Waals surface area (Å²) in [5, 5.41) is 2.83. The van der Waals surface area contributed by atoms with Gasteiger partial charge in [-0.05, 0) is 31.7 Å². The molecule has 1 aromatic carbocycles. The Labute approximate surface area is 153 Å². The molecule has 0 bridgehead atoms. The highest BCUT2D eigenvalue weighted by molar-refractivity contribution is 7.99. The van der Waals surface area contributed by atoms with Gasteiger partial charge in [0.25, 0.3) is 5.56 Å². The molecule has 2 heterocycles. The number of H-pyrrole nitrogens is 1. The Hall–Kier alpha value is -1.67. The van der Waals surface area contributed by atoms with Crippen molar-refractivity contribution in [2.75, 3.05) is 19.7 Å². The molecule has 2 aromatic rings. The maximum Gasteiger partial charge on any atom is 0.261 e. The maximum absolute atomic E-state index is 14.3. The number of rotatable bonds is 6. The molecule has 1 aliphatic carbocycles. The average molecular weight is 381 g/mol. The first kappa shape index (κ1) is 17.7. The van der Waals surface area contributed by atoms with Gasteiger partial charge in [-0.3, -0.25) is 4.79 Å². The largest absolute Gasteiger partial charge is 0.493 e. The van der Waals surface area contributed by atoms with Crippen molar-refractivity contribution < 1.29 is 13.5 Å². The quantitative estimate of drug-likeness (QED) is 0.806. The van der Waals surface area contributed by atoms with Gasteiger partial charge in [0.2, 0.25) is 0 Å². The van der Waals surface area contributed by atoms with E-state index in [-0.39, 0.29) is 16.2 Å². The minimum Gasteiger partial charge on any atom is -0.493 e. The molecule has 2 aliphatic rings. The lowest BCUT2D eigenvalue weighted by atomic mass is 10.1. The van der Waals surface area contributed by atoms with Crippen molar-refractivity contribution in [3.63, 3.8) is 0 Å². The van der Waals surface area contributed by atoms with Gasteiger partial charge in [-0.25, -0.2) is 13.8 Å². The zero-order valence-electron chi connectivity index (χ0n) is 14.3. The van der Waals surface area contributed by atoms with Crippen LogP contribution in [0.25, 0.3) is 10.9 Å². The summed E-state index contributed by atoms with van der Waals surface area (Å²) in [5.41, 5.74) is -0.240. The van der Waals surface area contributed by atoms with Crippen molar-refractivity contribution in [1.82, 2.24) is 15.3 Å². The summed E-state index contributed by atoms with van der Waals surface area (Å²) in [6.07, 6.45) is 2.10. The number of hydrogen-bond donors (Lipinski definition) is 2. The zero-order valence-corrected chi connectivity index (χ0v) is 15.1. The lowest BCUT2D eigenvalue weighted by molar-refractivity contribution is 0.275. The van der Waals surface area contributed by atoms with E-state index in [1.54, 1.807) is 6.07 Å². The molecule has 0 spiro atoms. The molecule has 26 heavy (non-hydrogen) atoms. The van der Waals surface area contributed by atoms with E-state index in [0.717, 1.165) is 25.8 Å². The van der Waals surface area contributed by atoms with E-state index < -0.39 is 17.5 Å². The molecule has 0 amide bonds.